The van der Waals surface area contributed by atoms with Crippen molar-refractivity contribution >= 4 is 21.4 Å². The number of furan rings is 1. The fourth-order valence-electron chi connectivity index (χ4n) is 2.88. The molecule has 0 amide bonds. The van der Waals surface area contributed by atoms with Gasteiger partial charge in [-0.2, -0.15) is 0 Å². The lowest BCUT2D eigenvalue weighted by molar-refractivity contribution is 0.273. The van der Waals surface area contributed by atoms with E-state index in [1.165, 1.54) is 12.5 Å². The molecule has 0 bridgehead atoms. The highest BCUT2D eigenvalue weighted by molar-refractivity contribution is 7.91. The first-order valence-electron chi connectivity index (χ1n) is 6.31. The highest BCUT2D eigenvalue weighted by Gasteiger charge is 2.34. The highest BCUT2D eigenvalue weighted by atomic mass is 35.5. The van der Waals surface area contributed by atoms with Crippen LogP contribution < -0.4 is 11.3 Å². The number of rotatable bonds is 4. The predicted octanol–water partition coefficient (Wildman–Crippen LogP) is 2.04. The third-order valence-corrected chi connectivity index (χ3v) is 5.85. The summed E-state index contributed by atoms with van der Waals surface area (Å²) in [4.78, 5) is 0. The van der Waals surface area contributed by atoms with Crippen molar-refractivity contribution in [2.45, 2.75) is 37.0 Å². The molecule has 3 unspecified atom stereocenters. The second-order valence-electron chi connectivity index (χ2n) is 5.17. The number of halogens is 1. The average molecular weight is 307 g/mol. The van der Waals surface area contributed by atoms with E-state index in [-0.39, 0.29) is 17.2 Å². The molecule has 0 spiro atoms. The third-order valence-electron chi connectivity index (χ3n) is 3.90. The van der Waals surface area contributed by atoms with Gasteiger partial charge in [-0.1, -0.05) is 6.42 Å². The number of sulfone groups is 1. The van der Waals surface area contributed by atoms with Crippen LogP contribution in [0, 0.1) is 5.92 Å². The standard InChI is InChI=1S/C12H19ClN2O3S/c1-19(16,17)9-4-2-3-8(7-9)11(15-14)10-5-6-18-12(10)13/h5-6,8-9,11,15H,2-4,7,14H2,1H3. The number of hydrogen-bond acceptors (Lipinski definition) is 5. The summed E-state index contributed by atoms with van der Waals surface area (Å²) in [5.41, 5.74) is 3.54. The van der Waals surface area contributed by atoms with E-state index in [0.717, 1.165) is 24.8 Å². The van der Waals surface area contributed by atoms with Crippen LogP contribution in [0.5, 0.6) is 0 Å². The molecule has 2 rings (SSSR count). The molecule has 1 saturated carbocycles. The van der Waals surface area contributed by atoms with Gasteiger partial charge in [-0.25, -0.2) is 8.42 Å². The van der Waals surface area contributed by atoms with Crippen molar-refractivity contribution < 1.29 is 12.8 Å². The predicted molar refractivity (Wildman–Crippen MR) is 74.4 cm³/mol. The second kappa shape index (κ2) is 5.83. The van der Waals surface area contributed by atoms with Gasteiger partial charge in [-0.3, -0.25) is 11.3 Å². The Balaban J connectivity index is 2.18. The molecule has 0 aliphatic heterocycles. The van der Waals surface area contributed by atoms with Crippen LogP contribution in [0.2, 0.25) is 5.22 Å². The first-order valence-corrected chi connectivity index (χ1v) is 8.64. The topological polar surface area (TPSA) is 85.3 Å². The SMILES string of the molecule is CS(=O)(=O)C1CCCC(C(NN)c2ccoc2Cl)C1. The van der Waals surface area contributed by atoms with Gasteiger partial charge in [0.05, 0.1) is 17.6 Å². The summed E-state index contributed by atoms with van der Waals surface area (Å²) in [7, 11) is -3.00. The largest absolute Gasteiger partial charge is 0.453 e. The molecule has 0 radical (unpaired) electrons. The minimum atomic E-state index is -3.00. The van der Waals surface area contributed by atoms with Gasteiger partial charge in [-0.15, -0.1) is 0 Å². The summed E-state index contributed by atoms with van der Waals surface area (Å²) in [5.74, 6) is 5.77. The number of hydrazine groups is 1. The summed E-state index contributed by atoms with van der Waals surface area (Å²) < 4.78 is 28.5. The molecule has 1 aromatic rings. The molecule has 1 aliphatic rings. The number of nitrogens with one attached hydrogen (secondary N) is 1. The minimum absolute atomic E-state index is 0.147. The van der Waals surface area contributed by atoms with Crippen LogP contribution in [0.4, 0.5) is 0 Å². The second-order valence-corrected chi connectivity index (χ2v) is 7.84. The van der Waals surface area contributed by atoms with Gasteiger partial charge in [0.1, 0.15) is 9.84 Å². The molecule has 5 nitrogen and oxygen atoms in total. The van der Waals surface area contributed by atoms with E-state index in [2.05, 4.69) is 5.43 Å². The van der Waals surface area contributed by atoms with Gasteiger partial charge < -0.3 is 4.42 Å². The molecule has 0 saturated heterocycles. The van der Waals surface area contributed by atoms with Crippen molar-refractivity contribution in [1.82, 2.24) is 5.43 Å². The van der Waals surface area contributed by atoms with Crippen LogP contribution in [-0.4, -0.2) is 19.9 Å². The first kappa shape index (κ1) is 14.8. The maximum atomic E-state index is 11.7. The molecule has 19 heavy (non-hydrogen) atoms. The van der Waals surface area contributed by atoms with Crippen molar-refractivity contribution in [2.24, 2.45) is 11.8 Å². The van der Waals surface area contributed by atoms with Crippen molar-refractivity contribution in [2.75, 3.05) is 6.26 Å². The van der Waals surface area contributed by atoms with Crippen molar-refractivity contribution in [1.29, 1.82) is 0 Å². The molecular weight excluding hydrogens is 288 g/mol. The maximum Gasteiger partial charge on any atom is 0.197 e. The summed E-state index contributed by atoms with van der Waals surface area (Å²) in [6.45, 7) is 0. The van der Waals surface area contributed by atoms with E-state index in [1.807, 2.05) is 0 Å². The smallest absolute Gasteiger partial charge is 0.197 e. The molecule has 7 heteroatoms. The normalized spacial score (nSPS) is 26.3. The summed E-state index contributed by atoms with van der Waals surface area (Å²) in [5, 5.41) is 0.0252. The number of nitrogens with two attached hydrogens (primary N) is 1. The van der Waals surface area contributed by atoms with Crippen LogP contribution in [0.15, 0.2) is 16.7 Å². The zero-order chi connectivity index (χ0) is 14.0. The molecule has 1 heterocycles. The van der Waals surface area contributed by atoms with E-state index in [9.17, 15) is 8.42 Å². The molecule has 0 aromatic carbocycles. The van der Waals surface area contributed by atoms with Crippen molar-refractivity contribution in [3.63, 3.8) is 0 Å². The van der Waals surface area contributed by atoms with Crippen LogP contribution in [0.25, 0.3) is 0 Å². The summed E-state index contributed by atoms with van der Waals surface area (Å²) >= 11 is 5.98. The average Bonchev–Trinajstić information content (AvgIpc) is 2.76. The Kier molecular flexibility index (Phi) is 4.55. The van der Waals surface area contributed by atoms with Crippen LogP contribution in [-0.2, 0) is 9.84 Å². The van der Waals surface area contributed by atoms with Gasteiger partial charge in [0.2, 0.25) is 0 Å². The van der Waals surface area contributed by atoms with Crippen LogP contribution in [0.1, 0.15) is 37.3 Å². The Morgan fingerprint density at radius 2 is 2.26 bits per heavy atom. The Hall–Kier alpha value is -0.560. The van der Waals surface area contributed by atoms with E-state index in [0.29, 0.717) is 11.6 Å². The summed E-state index contributed by atoms with van der Waals surface area (Å²) in [6, 6.07) is 1.60. The van der Waals surface area contributed by atoms with Gasteiger partial charge in [-0.05, 0) is 42.8 Å². The minimum Gasteiger partial charge on any atom is -0.453 e. The highest BCUT2D eigenvalue weighted by Crippen LogP contribution is 2.38. The Morgan fingerprint density at radius 3 is 2.79 bits per heavy atom. The van der Waals surface area contributed by atoms with Crippen LogP contribution in [0.3, 0.4) is 0 Å². The maximum absolute atomic E-state index is 11.7. The molecule has 1 fully saturated rings. The Bertz CT molecular complexity index is 529. The van der Waals surface area contributed by atoms with Gasteiger partial charge in [0.15, 0.2) is 5.22 Å². The van der Waals surface area contributed by atoms with Gasteiger partial charge >= 0.3 is 0 Å². The molecule has 1 aliphatic carbocycles. The van der Waals surface area contributed by atoms with Gasteiger partial charge in [0.25, 0.3) is 0 Å². The molecule has 3 N–H and O–H groups in total. The lowest BCUT2D eigenvalue weighted by Gasteiger charge is -2.33. The van der Waals surface area contributed by atoms with E-state index < -0.39 is 9.84 Å². The fraction of sp³-hybridized carbons (Fsp3) is 0.667. The zero-order valence-electron chi connectivity index (χ0n) is 10.8. The Morgan fingerprint density at radius 1 is 1.53 bits per heavy atom. The third kappa shape index (κ3) is 3.31. The number of hydrogen-bond donors (Lipinski definition) is 2. The van der Waals surface area contributed by atoms with Crippen LogP contribution >= 0.6 is 11.6 Å². The first-order chi connectivity index (χ1) is 8.93. The van der Waals surface area contributed by atoms with Gasteiger partial charge in [0, 0.05) is 11.8 Å². The molecule has 3 atom stereocenters. The summed E-state index contributed by atoms with van der Waals surface area (Å²) in [6.07, 6.45) is 5.97. The van der Waals surface area contributed by atoms with Crippen molar-refractivity contribution in [3.05, 3.63) is 23.1 Å². The molecule has 108 valence electrons. The quantitative estimate of drug-likeness (QED) is 0.657. The lowest BCUT2D eigenvalue weighted by atomic mass is 9.82. The molecular formula is C12H19ClN2O3S. The fourth-order valence-corrected chi connectivity index (χ4v) is 4.30. The Labute approximate surface area is 118 Å². The molecule has 1 aromatic heterocycles. The monoisotopic (exact) mass is 306 g/mol. The van der Waals surface area contributed by atoms with E-state index in [4.69, 9.17) is 21.9 Å². The van der Waals surface area contributed by atoms with E-state index >= 15 is 0 Å². The van der Waals surface area contributed by atoms with Crippen molar-refractivity contribution in [3.8, 4) is 0 Å². The van der Waals surface area contributed by atoms with E-state index in [1.54, 1.807) is 6.07 Å². The lowest BCUT2D eigenvalue weighted by Crippen LogP contribution is -2.38. The zero-order valence-corrected chi connectivity index (χ0v) is 12.4.